The van der Waals surface area contributed by atoms with Gasteiger partial charge in [-0.15, -0.1) is 0 Å². The monoisotopic (exact) mass is 498 g/mol. The van der Waals surface area contributed by atoms with Gasteiger partial charge in [0.2, 0.25) is 0 Å². The van der Waals surface area contributed by atoms with Gasteiger partial charge in [0.25, 0.3) is 0 Å². The van der Waals surface area contributed by atoms with Gasteiger partial charge in [-0.1, -0.05) is 53.1 Å². The number of halogens is 1. The molecule has 2 aliphatic rings. The molecule has 168 valence electrons. The van der Waals surface area contributed by atoms with E-state index in [1.165, 1.54) is 0 Å². The van der Waals surface area contributed by atoms with E-state index in [4.69, 9.17) is 9.26 Å². The number of hydrogen-bond acceptors (Lipinski definition) is 6. The zero-order valence-corrected chi connectivity index (χ0v) is 20.6. The van der Waals surface area contributed by atoms with Crippen molar-refractivity contribution in [1.82, 2.24) is 10.5 Å². The molecule has 1 aliphatic carbocycles. The van der Waals surface area contributed by atoms with Gasteiger partial charge in [0.1, 0.15) is 11.5 Å². The number of benzene rings is 1. The van der Waals surface area contributed by atoms with Crippen LogP contribution in [0.2, 0.25) is 0 Å². The van der Waals surface area contributed by atoms with Crippen LogP contribution in [0.5, 0.6) is 0 Å². The smallest absolute Gasteiger partial charge is 0.336 e. The van der Waals surface area contributed by atoms with Crippen molar-refractivity contribution in [3.63, 3.8) is 0 Å². The number of carbonyl (C=O) groups is 2. The summed E-state index contributed by atoms with van der Waals surface area (Å²) in [5.41, 5.74) is 4.60. The highest BCUT2D eigenvalue weighted by Crippen LogP contribution is 2.49. The minimum atomic E-state index is -0.609. The van der Waals surface area contributed by atoms with Crippen molar-refractivity contribution < 1.29 is 18.8 Å². The number of aryl methyl sites for hydroxylation is 1. The first kappa shape index (κ1) is 22.5. The third-order valence-corrected chi connectivity index (χ3v) is 6.75. The van der Waals surface area contributed by atoms with Gasteiger partial charge in [0.05, 0.1) is 18.1 Å². The summed E-state index contributed by atoms with van der Waals surface area (Å²) in [6.07, 6.45) is 1.13. The van der Waals surface area contributed by atoms with Crippen LogP contribution < -0.4 is 5.32 Å². The molecule has 0 saturated heterocycles. The van der Waals surface area contributed by atoms with Crippen LogP contribution in [0, 0.1) is 12.3 Å². The Labute approximate surface area is 196 Å². The molecule has 2 heterocycles. The van der Waals surface area contributed by atoms with Crippen LogP contribution in [-0.2, 0) is 14.3 Å². The highest BCUT2D eigenvalue weighted by Gasteiger charge is 2.45. The van der Waals surface area contributed by atoms with Crippen LogP contribution in [0.25, 0.3) is 11.3 Å². The fourth-order valence-electron chi connectivity index (χ4n) is 4.77. The number of nitrogens with one attached hydrogen (secondary N) is 1. The molecular formula is C25H27BrN2O4. The molecule has 32 heavy (non-hydrogen) atoms. The molecule has 0 unspecified atom stereocenters. The Kier molecular flexibility index (Phi) is 5.88. The van der Waals surface area contributed by atoms with Gasteiger partial charge in [-0.3, -0.25) is 4.79 Å². The number of ether oxygens (including phenoxy) is 1. The van der Waals surface area contributed by atoms with Gasteiger partial charge in [0, 0.05) is 39.0 Å². The van der Waals surface area contributed by atoms with Gasteiger partial charge in [-0.2, -0.15) is 0 Å². The van der Waals surface area contributed by atoms with Crippen molar-refractivity contribution >= 4 is 27.7 Å². The summed E-state index contributed by atoms with van der Waals surface area (Å²) in [4.78, 5) is 26.6. The highest BCUT2D eigenvalue weighted by molar-refractivity contribution is 9.10. The second-order valence-corrected chi connectivity index (χ2v) is 9.99. The van der Waals surface area contributed by atoms with E-state index >= 15 is 0 Å². The summed E-state index contributed by atoms with van der Waals surface area (Å²) in [6, 6.07) is 7.71. The van der Waals surface area contributed by atoms with Gasteiger partial charge in [-0.25, -0.2) is 4.79 Å². The first-order chi connectivity index (χ1) is 15.1. The SMILES string of the molecule is CCOC(=O)C1=C(C)NC2=C(C(=O)CC(C)(C)C2)[C@@H]1c1c(-c2ccccc2Br)noc1C. The molecule has 1 atom stereocenters. The number of dihydropyridines is 1. The van der Waals surface area contributed by atoms with Crippen molar-refractivity contribution in [1.29, 1.82) is 0 Å². The lowest BCUT2D eigenvalue weighted by molar-refractivity contribution is -0.138. The van der Waals surface area contributed by atoms with Crippen LogP contribution in [0.3, 0.4) is 0 Å². The molecule has 0 amide bonds. The average molecular weight is 499 g/mol. The Morgan fingerprint density at radius 2 is 2.00 bits per heavy atom. The fraction of sp³-hybridized carbons (Fsp3) is 0.400. The number of allylic oxidation sites excluding steroid dienone is 3. The largest absolute Gasteiger partial charge is 0.463 e. The third kappa shape index (κ3) is 3.83. The van der Waals surface area contributed by atoms with E-state index in [9.17, 15) is 9.59 Å². The minimum Gasteiger partial charge on any atom is -0.463 e. The normalized spacial score (nSPS) is 20.2. The van der Waals surface area contributed by atoms with Crippen molar-refractivity contribution in [3.05, 3.63) is 62.6 Å². The van der Waals surface area contributed by atoms with E-state index in [0.717, 1.165) is 21.3 Å². The maximum absolute atomic E-state index is 13.5. The predicted octanol–water partition coefficient (Wildman–Crippen LogP) is 5.58. The molecular weight excluding hydrogens is 472 g/mol. The summed E-state index contributed by atoms with van der Waals surface area (Å²) in [5, 5.41) is 7.70. The van der Waals surface area contributed by atoms with Gasteiger partial charge >= 0.3 is 5.97 Å². The number of Topliss-reactive ketones (excluding diaryl/α,β-unsaturated/α-hetero) is 1. The molecule has 0 bridgehead atoms. The van der Waals surface area contributed by atoms with Crippen molar-refractivity contribution in [2.75, 3.05) is 6.61 Å². The minimum absolute atomic E-state index is 0.0294. The highest BCUT2D eigenvalue weighted by atomic mass is 79.9. The number of rotatable bonds is 4. The Bertz CT molecular complexity index is 1170. The number of nitrogens with zero attached hydrogens (tertiary/aromatic N) is 1. The lowest BCUT2D eigenvalue weighted by Gasteiger charge is -2.39. The van der Waals surface area contributed by atoms with Gasteiger partial charge < -0.3 is 14.6 Å². The molecule has 1 aliphatic heterocycles. The first-order valence-corrected chi connectivity index (χ1v) is 11.6. The number of ketones is 1. The van der Waals surface area contributed by atoms with E-state index in [0.29, 0.717) is 41.1 Å². The average Bonchev–Trinajstić information content (AvgIpc) is 3.07. The van der Waals surface area contributed by atoms with E-state index in [2.05, 4.69) is 40.3 Å². The predicted molar refractivity (Wildman–Crippen MR) is 125 cm³/mol. The van der Waals surface area contributed by atoms with E-state index in [-0.39, 0.29) is 17.8 Å². The summed E-state index contributed by atoms with van der Waals surface area (Å²) >= 11 is 3.60. The van der Waals surface area contributed by atoms with Gasteiger partial charge in [0.15, 0.2) is 5.78 Å². The van der Waals surface area contributed by atoms with Crippen molar-refractivity contribution in [2.24, 2.45) is 5.41 Å². The standard InChI is InChI=1S/C25H27BrN2O4/c1-6-31-24(30)19-13(2)27-17-11-25(4,5)12-18(29)21(17)22(19)20-14(3)32-28-23(20)15-9-7-8-10-16(15)26/h7-10,22,27H,6,11-12H2,1-5H3/t22-/m0/s1. The van der Waals surface area contributed by atoms with Crippen LogP contribution in [0.4, 0.5) is 0 Å². The topological polar surface area (TPSA) is 81.4 Å². The van der Waals surface area contributed by atoms with Crippen LogP contribution in [-0.4, -0.2) is 23.5 Å². The summed E-state index contributed by atoms with van der Waals surface area (Å²) in [6.45, 7) is 9.87. The van der Waals surface area contributed by atoms with E-state index in [1.807, 2.05) is 38.1 Å². The van der Waals surface area contributed by atoms with Crippen LogP contribution >= 0.6 is 15.9 Å². The van der Waals surface area contributed by atoms with Gasteiger partial charge in [-0.05, 0) is 38.7 Å². The van der Waals surface area contributed by atoms with Crippen LogP contribution in [0.15, 0.2) is 55.8 Å². The van der Waals surface area contributed by atoms with E-state index in [1.54, 1.807) is 6.92 Å². The lowest BCUT2D eigenvalue weighted by atomic mass is 9.68. The molecule has 1 N–H and O–H groups in total. The molecule has 0 spiro atoms. The zero-order valence-electron chi connectivity index (χ0n) is 19.0. The maximum Gasteiger partial charge on any atom is 0.336 e. The molecule has 0 radical (unpaired) electrons. The molecule has 2 aromatic rings. The Balaban J connectivity index is 1.99. The van der Waals surface area contributed by atoms with Crippen molar-refractivity contribution in [2.45, 2.75) is 53.4 Å². The van der Waals surface area contributed by atoms with Crippen LogP contribution in [0.1, 0.15) is 57.8 Å². The zero-order chi connectivity index (χ0) is 23.2. The number of esters is 1. The Hall–Kier alpha value is -2.67. The summed E-state index contributed by atoms with van der Waals surface area (Å²) < 4.78 is 11.9. The molecule has 1 aromatic heterocycles. The van der Waals surface area contributed by atoms with Crippen molar-refractivity contribution in [3.8, 4) is 11.3 Å². The number of carbonyl (C=O) groups excluding carboxylic acids is 2. The molecule has 1 aromatic carbocycles. The molecule has 0 saturated carbocycles. The first-order valence-electron chi connectivity index (χ1n) is 10.8. The number of aromatic nitrogens is 1. The second-order valence-electron chi connectivity index (χ2n) is 9.13. The summed E-state index contributed by atoms with van der Waals surface area (Å²) in [7, 11) is 0. The molecule has 0 fully saturated rings. The quantitative estimate of drug-likeness (QED) is 0.554. The lowest BCUT2D eigenvalue weighted by Crippen LogP contribution is -2.39. The Morgan fingerprint density at radius 3 is 2.69 bits per heavy atom. The molecule has 4 rings (SSSR count). The third-order valence-electron chi connectivity index (χ3n) is 6.06. The Morgan fingerprint density at radius 1 is 1.28 bits per heavy atom. The maximum atomic E-state index is 13.5. The fourth-order valence-corrected chi connectivity index (χ4v) is 5.24. The molecule has 6 nitrogen and oxygen atoms in total. The second kappa shape index (κ2) is 8.35. The molecule has 7 heteroatoms. The summed E-state index contributed by atoms with van der Waals surface area (Å²) in [5.74, 6) is -0.448. The number of hydrogen-bond donors (Lipinski definition) is 1. The van der Waals surface area contributed by atoms with E-state index < -0.39 is 11.9 Å².